The average molecular weight is 266 g/mol. The van der Waals surface area contributed by atoms with E-state index in [0.29, 0.717) is 5.92 Å². The van der Waals surface area contributed by atoms with Crippen LogP contribution in [0.1, 0.15) is 32.1 Å². The van der Waals surface area contributed by atoms with Crippen LogP contribution >= 0.6 is 0 Å². The van der Waals surface area contributed by atoms with Gasteiger partial charge in [0.2, 0.25) is 5.91 Å². The highest BCUT2D eigenvalue weighted by Gasteiger charge is 2.27. The third kappa shape index (κ3) is 4.35. The first-order chi connectivity index (χ1) is 9.06. The molecule has 0 atom stereocenters. The minimum absolute atomic E-state index is 0.00458. The topological polar surface area (TPSA) is 60.9 Å². The molecule has 2 rings (SSSR count). The number of carboxylic acid groups (broad SMARTS) is 1. The highest BCUT2D eigenvalue weighted by atomic mass is 16.4. The van der Waals surface area contributed by atoms with Gasteiger partial charge in [-0.15, -0.1) is 0 Å². The van der Waals surface area contributed by atoms with Crippen molar-refractivity contribution in [3.8, 4) is 0 Å². The van der Waals surface area contributed by atoms with Crippen LogP contribution in [0.5, 0.6) is 0 Å². The second kappa shape index (κ2) is 6.19. The quantitative estimate of drug-likeness (QED) is 0.754. The molecule has 1 amide bonds. The summed E-state index contributed by atoms with van der Waals surface area (Å²) in [6.45, 7) is 0.886. The van der Waals surface area contributed by atoms with Gasteiger partial charge in [0.25, 0.3) is 0 Å². The number of hydrogen-bond donors (Lipinski definition) is 1. The minimum atomic E-state index is -0.865. The lowest BCUT2D eigenvalue weighted by Gasteiger charge is -2.24. The molecule has 0 aromatic rings. The normalized spacial score (nSPS) is 18.5. The van der Waals surface area contributed by atoms with Gasteiger partial charge in [0.05, 0.1) is 13.1 Å². The van der Waals surface area contributed by atoms with Gasteiger partial charge in [-0.25, -0.2) is 0 Å². The fourth-order valence-electron chi connectivity index (χ4n) is 2.46. The van der Waals surface area contributed by atoms with Crippen LogP contribution in [0.25, 0.3) is 0 Å². The van der Waals surface area contributed by atoms with E-state index in [2.05, 4.69) is 6.08 Å². The summed E-state index contributed by atoms with van der Waals surface area (Å²) in [5.41, 5.74) is 1.08. The molecule has 5 nitrogen and oxygen atoms in total. The molecule has 1 saturated carbocycles. The molecule has 19 heavy (non-hydrogen) atoms. The first-order valence-electron chi connectivity index (χ1n) is 6.96. The van der Waals surface area contributed by atoms with Crippen molar-refractivity contribution in [3.63, 3.8) is 0 Å². The van der Waals surface area contributed by atoms with Crippen LogP contribution in [0.4, 0.5) is 0 Å². The van der Waals surface area contributed by atoms with Gasteiger partial charge in [0.15, 0.2) is 0 Å². The van der Waals surface area contributed by atoms with Gasteiger partial charge >= 0.3 is 5.97 Å². The van der Waals surface area contributed by atoms with Gasteiger partial charge in [-0.1, -0.05) is 6.08 Å². The van der Waals surface area contributed by atoms with E-state index < -0.39 is 5.97 Å². The molecule has 0 heterocycles. The molecular weight excluding hydrogens is 244 g/mol. The SMILES string of the molecule is CN(C(=O)CN(CC(=O)O)CC1CC1)C1=CCCC1. The summed E-state index contributed by atoms with van der Waals surface area (Å²) >= 11 is 0. The lowest BCUT2D eigenvalue weighted by molar-refractivity contribution is -0.139. The molecule has 0 aliphatic heterocycles. The van der Waals surface area contributed by atoms with Crippen molar-refractivity contribution in [1.29, 1.82) is 0 Å². The molecule has 0 spiro atoms. The molecule has 1 fully saturated rings. The van der Waals surface area contributed by atoms with E-state index in [1.807, 2.05) is 0 Å². The Labute approximate surface area is 113 Å². The van der Waals surface area contributed by atoms with Crippen molar-refractivity contribution in [2.75, 3.05) is 26.7 Å². The van der Waals surface area contributed by atoms with Gasteiger partial charge in [-0.2, -0.15) is 0 Å². The molecule has 0 aromatic carbocycles. The van der Waals surface area contributed by atoms with Gasteiger partial charge in [-0.3, -0.25) is 14.5 Å². The van der Waals surface area contributed by atoms with Gasteiger partial charge in [-0.05, 0) is 38.0 Å². The van der Waals surface area contributed by atoms with Crippen LogP contribution in [0, 0.1) is 5.92 Å². The number of amides is 1. The third-order valence-corrected chi connectivity index (χ3v) is 3.75. The Morgan fingerprint density at radius 1 is 1.37 bits per heavy atom. The zero-order valence-electron chi connectivity index (χ0n) is 11.5. The standard InChI is InChI=1S/C14H22N2O3/c1-15(12-4-2-3-5-12)13(17)9-16(10-14(18)19)8-11-6-7-11/h4,11H,2-3,5-10H2,1H3,(H,18,19). The summed E-state index contributed by atoms with van der Waals surface area (Å²) in [6.07, 6.45) is 7.50. The fraction of sp³-hybridized carbons (Fsp3) is 0.714. The zero-order valence-corrected chi connectivity index (χ0v) is 11.5. The number of nitrogens with zero attached hydrogens (tertiary/aromatic N) is 2. The van der Waals surface area contributed by atoms with Crippen LogP contribution in [0.3, 0.4) is 0 Å². The van der Waals surface area contributed by atoms with E-state index in [-0.39, 0.29) is 19.0 Å². The third-order valence-electron chi connectivity index (χ3n) is 3.75. The van der Waals surface area contributed by atoms with Crippen LogP contribution < -0.4 is 0 Å². The fourth-order valence-corrected chi connectivity index (χ4v) is 2.46. The number of carbonyl (C=O) groups excluding carboxylic acids is 1. The van der Waals surface area contributed by atoms with E-state index in [4.69, 9.17) is 5.11 Å². The molecule has 0 aromatic heterocycles. The molecule has 0 bridgehead atoms. The summed E-state index contributed by atoms with van der Waals surface area (Å²) in [5.74, 6) is -0.283. The van der Waals surface area contributed by atoms with Crippen LogP contribution in [0.15, 0.2) is 11.8 Å². The molecule has 0 saturated heterocycles. The van der Waals surface area contributed by atoms with Gasteiger partial charge < -0.3 is 10.0 Å². The second-order valence-electron chi connectivity index (χ2n) is 5.55. The van der Waals surface area contributed by atoms with E-state index in [1.165, 1.54) is 0 Å². The summed E-state index contributed by atoms with van der Waals surface area (Å²) in [6, 6.07) is 0. The Morgan fingerprint density at radius 3 is 2.63 bits per heavy atom. The Balaban J connectivity index is 1.87. The number of allylic oxidation sites excluding steroid dienone is 2. The lowest BCUT2D eigenvalue weighted by Crippen LogP contribution is -2.41. The number of rotatable bonds is 7. The van der Waals surface area contributed by atoms with Crippen molar-refractivity contribution in [3.05, 3.63) is 11.8 Å². The maximum Gasteiger partial charge on any atom is 0.317 e. The molecule has 0 radical (unpaired) electrons. The van der Waals surface area contributed by atoms with Gasteiger partial charge in [0, 0.05) is 19.3 Å². The van der Waals surface area contributed by atoms with E-state index in [0.717, 1.165) is 44.3 Å². The first kappa shape index (κ1) is 14.1. The van der Waals surface area contributed by atoms with Crippen molar-refractivity contribution < 1.29 is 14.7 Å². The Bertz CT molecular complexity index is 388. The maximum absolute atomic E-state index is 12.2. The van der Waals surface area contributed by atoms with Crippen molar-refractivity contribution >= 4 is 11.9 Å². The Hall–Kier alpha value is -1.36. The average Bonchev–Trinajstić information content (AvgIpc) is 2.98. The maximum atomic E-state index is 12.2. The highest BCUT2D eigenvalue weighted by Crippen LogP contribution is 2.29. The van der Waals surface area contributed by atoms with Crippen LogP contribution in [0.2, 0.25) is 0 Å². The second-order valence-corrected chi connectivity index (χ2v) is 5.55. The number of aliphatic carboxylic acids is 1. The largest absolute Gasteiger partial charge is 0.480 e. The number of carboxylic acids is 1. The smallest absolute Gasteiger partial charge is 0.317 e. The number of likely N-dealkylation sites (N-methyl/N-ethyl adjacent to an activating group) is 1. The van der Waals surface area contributed by atoms with Crippen molar-refractivity contribution in [2.45, 2.75) is 32.1 Å². The number of hydrogen-bond acceptors (Lipinski definition) is 3. The molecule has 2 aliphatic carbocycles. The highest BCUT2D eigenvalue weighted by molar-refractivity contribution is 5.80. The Morgan fingerprint density at radius 2 is 2.11 bits per heavy atom. The van der Waals surface area contributed by atoms with Crippen LogP contribution in [-0.2, 0) is 9.59 Å². The summed E-state index contributed by atoms with van der Waals surface area (Å²) in [7, 11) is 1.79. The number of carbonyl (C=O) groups is 2. The lowest BCUT2D eigenvalue weighted by atomic mass is 10.3. The predicted octanol–water partition coefficient (Wildman–Crippen LogP) is 1.31. The summed E-state index contributed by atoms with van der Waals surface area (Å²) in [5, 5.41) is 8.90. The summed E-state index contributed by atoms with van der Waals surface area (Å²) < 4.78 is 0. The molecule has 1 N–H and O–H groups in total. The van der Waals surface area contributed by atoms with E-state index in [9.17, 15) is 9.59 Å². The minimum Gasteiger partial charge on any atom is -0.480 e. The molecule has 2 aliphatic rings. The van der Waals surface area contributed by atoms with Crippen molar-refractivity contribution in [2.24, 2.45) is 5.92 Å². The first-order valence-corrected chi connectivity index (χ1v) is 6.96. The van der Waals surface area contributed by atoms with E-state index >= 15 is 0 Å². The van der Waals surface area contributed by atoms with Gasteiger partial charge in [0.1, 0.15) is 0 Å². The monoisotopic (exact) mass is 266 g/mol. The van der Waals surface area contributed by atoms with E-state index in [1.54, 1.807) is 16.8 Å². The molecular formula is C14H22N2O3. The predicted molar refractivity (Wildman–Crippen MR) is 71.5 cm³/mol. The zero-order chi connectivity index (χ0) is 13.8. The van der Waals surface area contributed by atoms with Crippen molar-refractivity contribution in [1.82, 2.24) is 9.80 Å². The molecule has 0 unspecified atom stereocenters. The molecule has 5 heteroatoms. The van der Waals surface area contributed by atoms with Crippen LogP contribution in [-0.4, -0.2) is 53.5 Å². The molecule has 106 valence electrons. The Kier molecular flexibility index (Phi) is 4.58. The summed E-state index contributed by atoms with van der Waals surface area (Å²) in [4.78, 5) is 26.5.